The predicted molar refractivity (Wildman–Crippen MR) is 66.2 cm³/mol. The molecule has 0 aliphatic carbocycles. The molecular formula is C12H18N2OS. The summed E-state index contributed by atoms with van der Waals surface area (Å²) in [4.78, 5) is 1.18. The fraction of sp³-hybridized carbons (Fsp3) is 0.583. The Kier molecular flexibility index (Phi) is 4.91. The number of furan rings is 1. The van der Waals surface area contributed by atoms with Gasteiger partial charge in [0.2, 0.25) is 0 Å². The smallest absolute Gasteiger partial charge is 0.114 e. The average Bonchev–Trinajstić information content (AvgIpc) is 2.70. The summed E-state index contributed by atoms with van der Waals surface area (Å²) in [6.07, 6.45) is 4.11. The summed E-state index contributed by atoms with van der Waals surface area (Å²) in [6.45, 7) is 3.91. The second-order valence-electron chi connectivity index (χ2n) is 3.91. The standard InChI is InChI=1S/C12H18N2OS/c1-3-12(14,9-13)6-4-8-16-11-5-7-15-10(11)2/h5,7H,3-4,6,8,14H2,1-2H3. The third kappa shape index (κ3) is 3.58. The van der Waals surface area contributed by atoms with E-state index in [2.05, 4.69) is 6.07 Å². The Morgan fingerprint density at radius 2 is 2.38 bits per heavy atom. The molecule has 0 aliphatic rings. The third-order valence-corrected chi connectivity index (χ3v) is 3.92. The number of nitrogens with two attached hydrogens (primary N) is 1. The van der Waals surface area contributed by atoms with Crippen LogP contribution in [-0.2, 0) is 0 Å². The summed E-state index contributed by atoms with van der Waals surface area (Å²) < 4.78 is 5.21. The lowest BCUT2D eigenvalue weighted by molar-refractivity contribution is 0.478. The van der Waals surface area contributed by atoms with Gasteiger partial charge in [0, 0.05) is 4.90 Å². The van der Waals surface area contributed by atoms with Gasteiger partial charge in [-0.05, 0) is 38.0 Å². The first-order valence-electron chi connectivity index (χ1n) is 5.48. The van der Waals surface area contributed by atoms with Gasteiger partial charge in [-0.15, -0.1) is 11.8 Å². The van der Waals surface area contributed by atoms with Gasteiger partial charge in [0.25, 0.3) is 0 Å². The largest absolute Gasteiger partial charge is 0.468 e. The van der Waals surface area contributed by atoms with E-state index >= 15 is 0 Å². The summed E-state index contributed by atoms with van der Waals surface area (Å²) in [5, 5.41) is 8.92. The molecule has 3 nitrogen and oxygen atoms in total. The van der Waals surface area contributed by atoms with Gasteiger partial charge in [0.1, 0.15) is 11.3 Å². The molecule has 0 radical (unpaired) electrons. The van der Waals surface area contributed by atoms with Crippen LogP contribution in [0.1, 0.15) is 31.9 Å². The molecular weight excluding hydrogens is 220 g/mol. The maximum atomic E-state index is 8.92. The molecule has 1 heterocycles. The van der Waals surface area contributed by atoms with E-state index in [4.69, 9.17) is 15.4 Å². The Morgan fingerprint density at radius 3 is 2.88 bits per heavy atom. The summed E-state index contributed by atoms with van der Waals surface area (Å²) in [7, 11) is 0. The molecule has 1 aromatic heterocycles. The lowest BCUT2D eigenvalue weighted by Gasteiger charge is -2.18. The summed E-state index contributed by atoms with van der Waals surface area (Å²) >= 11 is 1.76. The second-order valence-corrected chi connectivity index (χ2v) is 5.05. The van der Waals surface area contributed by atoms with Crippen molar-refractivity contribution >= 4 is 11.8 Å². The van der Waals surface area contributed by atoms with Crippen LogP contribution in [0, 0.1) is 18.3 Å². The molecule has 0 aliphatic heterocycles. The van der Waals surface area contributed by atoms with Gasteiger partial charge in [-0.1, -0.05) is 6.92 Å². The van der Waals surface area contributed by atoms with E-state index < -0.39 is 5.54 Å². The van der Waals surface area contributed by atoms with Crippen molar-refractivity contribution in [3.8, 4) is 6.07 Å². The Labute approximate surface area is 101 Å². The first kappa shape index (κ1) is 13.1. The van der Waals surface area contributed by atoms with Crippen LogP contribution in [0.3, 0.4) is 0 Å². The molecule has 1 unspecified atom stereocenters. The third-order valence-electron chi connectivity index (χ3n) is 2.69. The molecule has 16 heavy (non-hydrogen) atoms. The monoisotopic (exact) mass is 238 g/mol. The minimum absolute atomic E-state index is 0.647. The van der Waals surface area contributed by atoms with Crippen LogP contribution in [0.15, 0.2) is 21.6 Å². The number of rotatable bonds is 6. The maximum Gasteiger partial charge on any atom is 0.114 e. The van der Waals surface area contributed by atoms with E-state index in [9.17, 15) is 0 Å². The van der Waals surface area contributed by atoms with Crippen LogP contribution in [0.25, 0.3) is 0 Å². The van der Waals surface area contributed by atoms with Crippen molar-refractivity contribution in [2.75, 3.05) is 5.75 Å². The Morgan fingerprint density at radius 1 is 1.62 bits per heavy atom. The summed E-state index contributed by atoms with van der Waals surface area (Å²) in [6, 6.07) is 4.16. The molecule has 88 valence electrons. The molecule has 0 saturated carbocycles. The number of aryl methyl sites for hydroxylation is 1. The molecule has 0 fully saturated rings. The van der Waals surface area contributed by atoms with Crippen molar-refractivity contribution in [2.45, 2.75) is 43.5 Å². The molecule has 0 aromatic carbocycles. The zero-order chi connectivity index (χ0) is 12.0. The molecule has 2 N–H and O–H groups in total. The second kappa shape index (κ2) is 5.97. The molecule has 0 bridgehead atoms. The molecule has 0 amide bonds. The highest BCUT2D eigenvalue weighted by atomic mass is 32.2. The number of nitrogens with zero attached hydrogens (tertiary/aromatic N) is 1. The average molecular weight is 238 g/mol. The normalized spacial score (nSPS) is 14.4. The maximum absolute atomic E-state index is 8.92. The van der Waals surface area contributed by atoms with E-state index in [0.717, 1.165) is 24.4 Å². The first-order chi connectivity index (χ1) is 7.61. The van der Waals surface area contributed by atoms with Gasteiger partial charge in [-0.25, -0.2) is 0 Å². The number of thioether (sulfide) groups is 1. The first-order valence-corrected chi connectivity index (χ1v) is 6.47. The minimum Gasteiger partial charge on any atom is -0.468 e. The van der Waals surface area contributed by atoms with Crippen molar-refractivity contribution in [3.63, 3.8) is 0 Å². The fourth-order valence-corrected chi connectivity index (χ4v) is 2.32. The fourth-order valence-electron chi connectivity index (χ4n) is 1.40. The van der Waals surface area contributed by atoms with Gasteiger partial charge in [-0.3, -0.25) is 0 Å². The van der Waals surface area contributed by atoms with E-state index in [1.807, 2.05) is 19.9 Å². The van der Waals surface area contributed by atoms with Crippen molar-refractivity contribution < 1.29 is 4.42 Å². The minimum atomic E-state index is -0.647. The molecule has 1 rings (SSSR count). The van der Waals surface area contributed by atoms with Crippen LogP contribution in [-0.4, -0.2) is 11.3 Å². The highest BCUT2D eigenvalue weighted by Crippen LogP contribution is 2.25. The van der Waals surface area contributed by atoms with Gasteiger partial charge in [0.15, 0.2) is 0 Å². The van der Waals surface area contributed by atoms with Crippen LogP contribution in [0.2, 0.25) is 0 Å². The molecule has 0 saturated heterocycles. The molecule has 4 heteroatoms. The number of hydrogen-bond donors (Lipinski definition) is 1. The summed E-state index contributed by atoms with van der Waals surface area (Å²) in [5.41, 5.74) is 5.25. The summed E-state index contributed by atoms with van der Waals surface area (Å²) in [5.74, 6) is 1.93. The molecule has 0 spiro atoms. The van der Waals surface area contributed by atoms with Crippen molar-refractivity contribution in [3.05, 3.63) is 18.1 Å². The Balaban J connectivity index is 2.28. The number of hydrogen-bond acceptors (Lipinski definition) is 4. The topological polar surface area (TPSA) is 63.0 Å². The van der Waals surface area contributed by atoms with E-state index in [0.29, 0.717) is 6.42 Å². The van der Waals surface area contributed by atoms with Gasteiger partial charge in [-0.2, -0.15) is 5.26 Å². The highest BCUT2D eigenvalue weighted by molar-refractivity contribution is 7.99. The van der Waals surface area contributed by atoms with Crippen LogP contribution >= 0.6 is 11.8 Å². The number of nitriles is 1. The Hall–Kier alpha value is -0.920. The SMILES string of the molecule is CCC(N)(C#N)CCCSc1ccoc1C. The predicted octanol–water partition coefficient (Wildman–Crippen LogP) is 3.09. The quantitative estimate of drug-likeness (QED) is 0.611. The lowest BCUT2D eigenvalue weighted by atomic mass is 9.94. The van der Waals surface area contributed by atoms with Gasteiger partial charge in [0.05, 0.1) is 12.3 Å². The van der Waals surface area contributed by atoms with E-state index in [1.54, 1.807) is 18.0 Å². The zero-order valence-corrected chi connectivity index (χ0v) is 10.6. The molecule has 1 aromatic rings. The van der Waals surface area contributed by atoms with Crippen molar-refractivity contribution in [1.29, 1.82) is 5.26 Å². The Bertz CT molecular complexity index is 369. The van der Waals surface area contributed by atoms with Crippen molar-refractivity contribution in [1.82, 2.24) is 0 Å². The van der Waals surface area contributed by atoms with Crippen LogP contribution < -0.4 is 5.73 Å². The van der Waals surface area contributed by atoms with Gasteiger partial charge >= 0.3 is 0 Å². The lowest BCUT2D eigenvalue weighted by Crippen LogP contribution is -2.37. The molecule has 1 atom stereocenters. The van der Waals surface area contributed by atoms with Crippen LogP contribution in [0.5, 0.6) is 0 Å². The van der Waals surface area contributed by atoms with E-state index in [1.165, 1.54) is 4.90 Å². The highest BCUT2D eigenvalue weighted by Gasteiger charge is 2.20. The van der Waals surface area contributed by atoms with E-state index in [-0.39, 0.29) is 0 Å². The van der Waals surface area contributed by atoms with Crippen LogP contribution in [0.4, 0.5) is 0 Å². The van der Waals surface area contributed by atoms with Gasteiger partial charge < -0.3 is 10.2 Å². The van der Waals surface area contributed by atoms with Crippen molar-refractivity contribution in [2.24, 2.45) is 5.73 Å². The zero-order valence-electron chi connectivity index (χ0n) is 9.82.